The van der Waals surface area contributed by atoms with Gasteiger partial charge in [-0.15, -0.1) is 0 Å². The third-order valence-electron chi connectivity index (χ3n) is 4.21. The van der Waals surface area contributed by atoms with Crippen LogP contribution < -0.4 is 0 Å². The van der Waals surface area contributed by atoms with Crippen LogP contribution in [0, 0.1) is 19.3 Å². The number of aromatic nitrogens is 3. The summed E-state index contributed by atoms with van der Waals surface area (Å²) in [6.07, 6.45) is 2.99. The number of hydrogen-bond acceptors (Lipinski definition) is 6. The van der Waals surface area contributed by atoms with Crippen molar-refractivity contribution >= 4 is 17.4 Å². The lowest BCUT2D eigenvalue weighted by Gasteiger charge is -2.12. The highest BCUT2D eigenvalue weighted by Gasteiger charge is 2.23. The summed E-state index contributed by atoms with van der Waals surface area (Å²) in [5, 5.41) is 23.3. The molecule has 0 aliphatic carbocycles. The molecule has 7 heteroatoms. The SMILES string of the molecule is COC(=O)C(C(=N)c1ccc(-n2cncn2)cc1)=C(O)c1cc(C)cc(C)c1. The van der Waals surface area contributed by atoms with Gasteiger partial charge in [0.15, 0.2) is 0 Å². The van der Waals surface area contributed by atoms with Crippen molar-refractivity contribution in [3.63, 3.8) is 0 Å². The van der Waals surface area contributed by atoms with E-state index in [-0.39, 0.29) is 17.0 Å². The zero-order valence-electron chi connectivity index (χ0n) is 15.8. The number of ether oxygens (including phenoxy) is 1. The normalized spacial score (nSPS) is 11.7. The van der Waals surface area contributed by atoms with Gasteiger partial charge in [0.1, 0.15) is 24.0 Å². The van der Waals surface area contributed by atoms with Crippen LogP contribution in [-0.4, -0.2) is 38.7 Å². The van der Waals surface area contributed by atoms with E-state index >= 15 is 0 Å². The Hall–Kier alpha value is -3.74. The molecular weight excluding hydrogens is 356 g/mol. The maximum absolute atomic E-state index is 12.4. The molecule has 0 aliphatic rings. The van der Waals surface area contributed by atoms with Gasteiger partial charge in [-0.25, -0.2) is 14.5 Å². The van der Waals surface area contributed by atoms with Crippen LogP contribution in [0.4, 0.5) is 0 Å². The van der Waals surface area contributed by atoms with E-state index in [4.69, 9.17) is 10.1 Å². The standard InChI is InChI=1S/C21H20N4O3/c1-13-8-14(2)10-16(9-13)20(26)18(21(27)28-3)19(22)15-4-6-17(7-5-15)25-12-23-11-24-25/h4-12,22,26H,1-3H3. The molecule has 0 spiro atoms. The lowest BCUT2D eigenvalue weighted by Crippen LogP contribution is -2.17. The molecule has 0 unspecified atom stereocenters. The minimum Gasteiger partial charge on any atom is -0.506 e. The number of benzene rings is 2. The number of carbonyl (C=O) groups is 1. The second kappa shape index (κ2) is 7.87. The second-order valence-corrected chi connectivity index (χ2v) is 6.35. The fraction of sp³-hybridized carbons (Fsp3) is 0.143. The van der Waals surface area contributed by atoms with Crippen LogP contribution >= 0.6 is 0 Å². The molecule has 0 saturated carbocycles. The van der Waals surface area contributed by atoms with Crippen molar-refractivity contribution in [2.24, 2.45) is 0 Å². The maximum atomic E-state index is 12.4. The highest BCUT2D eigenvalue weighted by molar-refractivity contribution is 6.29. The quantitative estimate of drug-likeness (QED) is 0.308. The predicted octanol–water partition coefficient (Wildman–Crippen LogP) is 3.39. The van der Waals surface area contributed by atoms with Gasteiger partial charge in [0, 0.05) is 11.1 Å². The number of methoxy groups -OCH3 is 1. The molecule has 0 fully saturated rings. The summed E-state index contributed by atoms with van der Waals surface area (Å²) in [4.78, 5) is 16.3. The Morgan fingerprint density at radius 3 is 2.25 bits per heavy atom. The first-order valence-corrected chi connectivity index (χ1v) is 8.55. The Kier molecular flexibility index (Phi) is 5.35. The van der Waals surface area contributed by atoms with Gasteiger partial charge < -0.3 is 9.84 Å². The van der Waals surface area contributed by atoms with E-state index in [1.807, 2.05) is 19.9 Å². The van der Waals surface area contributed by atoms with Crippen LogP contribution in [0.5, 0.6) is 0 Å². The number of nitrogens with zero attached hydrogens (tertiary/aromatic N) is 3. The molecule has 0 saturated heterocycles. The fourth-order valence-corrected chi connectivity index (χ4v) is 2.94. The van der Waals surface area contributed by atoms with Gasteiger partial charge in [-0.1, -0.05) is 29.3 Å². The third-order valence-corrected chi connectivity index (χ3v) is 4.21. The summed E-state index contributed by atoms with van der Waals surface area (Å²) >= 11 is 0. The molecule has 2 N–H and O–H groups in total. The molecule has 1 aromatic heterocycles. The molecule has 3 aromatic rings. The zero-order valence-corrected chi connectivity index (χ0v) is 15.8. The van der Waals surface area contributed by atoms with Gasteiger partial charge in [0.2, 0.25) is 0 Å². The molecule has 2 aromatic carbocycles. The minimum absolute atomic E-state index is 0.131. The number of hydrogen-bond donors (Lipinski definition) is 2. The van der Waals surface area contributed by atoms with E-state index in [0.717, 1.165) is 16.8 Å². The summed E-state index contributed by atoms with van der Waals surface area (Å²) < 4.78 is 6.40. The van der Waals surface area contributed by atoms with Gasteiger partial charge in [-0.2, -0.15) is 5.10 Å². The number of esters is 1. The fourth-order valence-electron chi connectivity index (χ4n) is 2.94. The summed E-state index contributed by atoms with van der Waals surface area (Å²) in [7, 11) is 1.22. The molecule has 7 nitrogen and oxygen atoms in total. The van der Waals surface area contributed by atoms with Gasteiger partial charge >= 0.3 is 5.97 Å². The van der Waals surface area contributed by atoms with Crippen LogP contribution in [-0.2, 0) is 9.53 Å². The molecule has 142 valence electrons. The average Bonchev–Trinajstić information content (AvgIpc) is 3.22. The van der Waals surface area contributed by atoms with Crippen LogP contribution in [0.25, 0.3) is 11.4 Å². The highest BCUT2D eigenvalue weighted by Crippen LogP contribution is 2.23. The van der Waals surface area contributed by atoms with Gasteiger partial charge in [0.25, 0.3) is 0 Å². The molecular formula is C21H20N4O3. The van der Waals surface area contributed by atoms with E-state index < -0.39 is 5.97 Å². The van der Waals surface area contributed by atoms with Crippen molar-refractivity contribution < 1.29 is 14.6 Å². The van der Waals surface area contributed by atoms with Gasteiger partial charge in [0.05, 0.1) is 18.5 Å². The van der Waals surface area contributed by atoms with Gasteiger partial charge in [-0.05, 0) is 38.1 Å². The predicted molar refractivity (Wildman–Crippen MR) is 106 cm³/mol. The molecule has 1 heterocycles. The summed E-state index contributed by atoms with van der Waals surface area (Å²) in [6, 6.07) is 12.3. The lowest BCUT2D eigenvalue weighted by atomic mass is 9.97. The number of rotatable bonds is 5. The number of aryl methyl sites for hydroxylation is 2. The smallest absolute Gasteiger partial charge is 0.343 e. The Morgan fingerprint density at radius 2 is 1.71 bits per heavy atom. The van der Waals surface area contributed by atoms with Crippen molar-refractivity contribution in [1.82, 2.24) is 14.8 Å². The average molecular weight is 376 g/mol. The molecule has 0 radical (unpaired) electrons. The molecule has 0 bridgehead atoms. The van der Waals surface area contributed by atoms with E-state index in [0.29, 0.717) is 11.1 Å². The van der Waals surface area contributed by atoms with E-state index in [2.05, 4.69) is 10.1 Å². The Labute approximate surface area is 162 Å². The molecule has 0 atom stereocenters. The molecule has 3 rings (SSSR count). The van der Waals surface area contributed by atoms with Crippen molar-refractivity contribution in [2.75, 3.05) is 7.11 Å². The van der Waals surface area contributed by atoms with Crippen molar-refractivity contribution in [3.05, 3.63) is 82.9 Å². The van der Waals surface area contributed by atoms with Crippen molar-refractivity contribution in [1.29, 1.82) is 5.41 Å². The summed E-state index contributed by atoms with van der Waals surface area (Å²) in [5.41, 5.74) is 3.23. The highest BCUT2D eigenvalue weighted by atomic mass is 16.5. The Morgan fingerprint density at radius 1 is 1.07 bits per heavy atom. The molecule has 0 aliphatic heterocycles. The van der Waals surface area contributed by atoms with Crippen LogP contribution in [0.15, 0.2) is 60.7 Å². The Balaban J connectivity index is 2.04. The molecule has 28 heavy (non-hydrogen) atoms. The summed E-state index contributed by atoms with van der Waals surface area (Å²) in [5.74, 6) is -1.06. The summed E-state index contributed by atoms with van der Waals surface area (Å²) in [6.45, 7) is 3.80. The first kappa shape index (κ1) is 19.0. The Bertz CT molecular complexity index is 1030. The van der Waals surface area contributed by atoms with Crippen LogP contribution in [0.3, 0.4) is 0 Å². The van der Waals surface area contributed by atoms with Gasteiger partial charge in [-0.3, -0.25) is 5.41 Å². The van der Waals surface area contributed by atoms with Crippen molar-refractivity contribution in [2.45, 2.75) is 13.8 Å². The second-order valence-electron chi connectivity index (χ2n) is 6.35. The van der Waals surface area contributed by atoms with E-state index in [1.54, 1.807) is 47.4 Å². The first-order valence-electron chi connectivity index (χ1n) is 8.55. The number of aliphatic hydroxyl groups excluding tert-OH is 1. The monoisotopic (exact) mass is 376 g/mol. The minimum atomic E-state index is -0.776. The van der Waals surface area contributed by atoms with E-state index in [9.17, 15) is 9.90 Å². The number of carbonyl (C=O) groups excluding carboxylic acids is 1. The van der Waals surface area contributed by atoms with Crippen LogP contribution in [0.1, 0.15) is 22.3 Å². The largest absolute Gasteiger partial charge is 0.506 e. The maximum Gasteiger partial charge on any atom is 0.343 e. The lowest BCUT2D eigenvalue weighted by molar-refractivity contribution is -0.135. The molecule has 0 amide bonds. The number of nitrogens with one attached hydrogen (secondary N) is 1. The van der Waals surface area contributed by atoms with E-state index in [1.165, 1.54) is 13.4 Å². The topological polar surface area (TPSA) is 101 Å². The number of aliphatic hydroxyl groups is 1. The van der Waals surface area contributed by atoms with Crippen molar-refractivity contribution in [3.8, 4) is 5.69 Å². The first-order chi connectivity index (χ1) is 13.4. The van der Waals surface area contributed by atoms with Crippen LogP contribution in [0.2, 0.25) is 0 Å². The third kappa shape index (κ3) is 3.83. The zero-order chi connectivity index (χ0) is 20.3.